The third-order valence-electron chi connectivity index (χ3n) is 3.84. The number of rotatable bonds is 3. The first kappa shape index (κ1) is 15.4. The van der Waals surface area contributed by atoms with Crippen LogP contribution in [-0.2, 0) is 4.79 Å². The van der Waals surface area contributed by atoms with Crippen molar-refractivity contribution >= 4 is 21.9 Å². The molecule has 0 aliphatic heterocycles. The number of aliphatic hydroxyl groups is 1. The maximum atomic E-state index is 13.8. The van der Waals surface area contributed by atoms with Gasteiger partial charge in [0.05, 0.1) is 5.92 Å². The molecule has 0 amide bonds. The molecule has 1 aliphatic rings. The molecule has 1 aliphatic carbocycles. The Labute approximate surface area is 123 Å². The summed E-state index contributed by atoms with van der Waals surface area (Å²) in [5.74, 6) is -6.78. The first-order valence-corrected chi connectivity index (χ1v) is 7.10. The summed E-state index contributed by atoms with van der Waals surface area (Å²) >= 11 is 3.26. The molecule has 110 valence electrons. The Bertz CT molecular complexity index is 490. The molecule has 2 N–H and O–H groups in total. The second kappa shape index (κ2) is 5.77. The van der Waals surface area contributed by atoms with E-state index >= 15 is 0 Å². The molecular formula is C14H15BrF2O3. The van der Waals surface area contributed by atoms with E-state index in [1.165, 1.54) is 0 Å². The lowest BCUT2D eigenvalue weighted by Gasteiger charge is -2.39. The Morgan fingerprint density at radius 1 is 1.30 bits per heavy atom. The fourth-order valence-electron chi connectivity index (χ4n) is 2.96. The van der Waals surface area contributed by atoms with E-state index < -0.39 is 49.1 Å². The van der Waals surface area contributed by atoms with E-state index in [0.717, 1.165) is 4.47 Å². The summed E-state index contributed by atoms with van der Waals surface area (Å²) in [5, 5.41) is 18.6. The number of benzene rings is 1. The number of alkyl halides is 2. The molecule has 3 nitrogen and oxygen atoms in total. The second-order valence-electron chi connectivity index (χ2n) is 5.23. The molecule has 2 rings (SSSR count). The van der Waals surface area contributed by atoms with Crippen molar-refractivity contribution in [3.63, 3.8) is 0 Å². The molecule has 6 heteroatoms. The summed E-state index contributed by atoms with van der Waals surface area (Å²) in [5.41, 5.74) is 0.568. The highest BCUT2D eigenvalue weighted by atomic mass is 79.9. The summed E-state index contributed by atoms with van der Waals surface area (Å²) in [6.07, 6.45) is -1.07. The number of hydrogen-bond donors (Lipinski definition) is 2. The van der Waals surface area contributed by atoms with Gasteiger partial charge in [0.2, 0.25) is 5.92 Å². The van der Waals surface area contributed by atoms with Crippen molar-refractivity contribution in [3.8, 4) is 0 Å². The van der Waals surface area contributed by atoms with Crippen molar-refractivity contribution in [2.45, 2.75) is 24.7 Å². The maximum absolute atomic E-state index is 13.8. The maximum Gasteiger partial charge on any atom is 0.307 e. The molecule has 0 aromatic heterocycles. The van der Waals surface area contributed by atoms with Gasteiger partial charge in [0.15, 0.2) is 0 Å². The summed E-state index contributed by atoms with van der Waals surface area (Å²) in [6.45, 7) is -0.542. The van der Waals surface area contributed by atoms with Crippen LogP contribution in [0, 0.1) is 11.8 Å². The molecule has 0 spiro atoms. The first-order chi connectivity index (χ1) is 9.34. The van der Waals surface area contributed by atoms with Gasteiger partial charge in [-0.05, 0) is 17.7 Å². The minimum absolute atomic E-state index is 0.498. The molecule has 0 saturated heterocycles. The van der Waals surface area contributed by atoms with E-state index in [1.54, 1.807) is 24.3 Å². The van der Waals surface area contributed by atoms with Gasteiger partial charge in [-0.3, -0.25) is 4.79 Å². The van der Waals surface area contributed by atoms with Gasteiger partial charge in [-0.1, -0.05) is 28.1 Å². The van der Waals surface area contributed by atoms with Gasteiger partial charge < -0.3 is 10.2 Å². The van der Waals surface area contributed by atoms with Crippen molar-refractivity contribution in [3.05, 3.63) is 34.3 Å². The van der Waals surface area contributed by atoms with Gasteiger partial charge in [-0.25, -0.2) is 8.78 Å². The van der Waals surface area contributed by atoms with Crippen molar-refractivity contribution in [1.29, 1.82) is 0 Å². The van der Waals surface area contributed by atoms with Crippen molar-refractivity contribution < 1.29 is 23.8 Å². The van der Waals surface area contributed by atoms with Gasteiger partial charge >= 0.3 is 5.97 Å². The first-order valence-electron chi connectivity index (χ1n) is 6.31. The molecule has 1 aromatic carbocycles. The van der Waals surface area contributed by atoms with Crippen LogP contribution in [0.15, 0.2) is 28.7 Å². The standard InChI is InChI=1S/C14H15BrF2O3/c15-10-3-1-8(2-4-10)11-6-14(16,17)5-9(7-18)12(11)13(19)20/h1-4,9,11-12,18H,5-7H2,(H,19,20). The lowest BCUT2D eigenvalue weighted by Crippen LogP contribution is -2.43. The van der Waals surface area contributed by atoms with Crippen molar-refractivity contribution in [1.82, 2.24) is 0 Å². The quantitative estimate of drug-likeness (QED) is 0.881. The van der Waals surface area contributed by atoms with Crippen molar-refractivity contribution in [2.75, 3.05) is 6.61 Å². The number of aliphatic carboxylic acids is 1. The smallest absolute Gasteiger partial charge is 0.307 e. The number of carbonyl (C=O) groups is 1. The Kier molecular flexibility index (Phi) is 4.44. The van der Waals surface area contributed by atoms with Gasteiger partial charge in [0.25, 0.3) is 0 Å². The van der Waals surface area contributed by atoms with E-state index in [-0.39, 0.29) is 0 Å². The van der Waals surface area contributed by atoms with Crippen LogP contribution in [0.2, 0.25) is 0 Å². The average molecular weight is 349 g/mol. The van der Waals surface area contributed by atoms with Crippen LogP contribution in [0.4, 0.5) is 8.78 Å². The highest BCUT2D eigenvalue weighted by Crippen LogP contribution is 2.48. The lowest BCUT2D eigenvalue weighted by atomic mass is 9.68. The van der Waals surface area contributed by atoms with E-state index in [4.69, 9.17) is 0 Å². The third-order valence-corrected chi connectivity index (χ3v) is 4.37. The number of hydrogen-bond acceptors (Lipinski definition) is 2. The summed E-state index contributed by atoms with van der Waals surface area (Å²) < 4.78 is 28.4. The monoisotopic (exact) mass is 348 g/mol. The van der Waals surface area contributed by atoms with Crippen LogP contribution in [0.1, 0.15) is 24.3 Å². The van der Waals surface area contributed by atoms with Crippen LogP contribution in [0.25, 0.3) is 0 Å². The number of halogens is 3. The molecule has 1 aromatic rings. The van der Waals surface area contributed by atoms with Crippen LogP contribution >= 0.6 is 15.9 Å². The summed E-state index contributed by atoms with van der Waals surface area (Å²) in [7, 11) is 0. The number of carboxylic acids is 1. The van der Waals surface area contributed by atoms with Crippen LogP contribution in [0.3, 0.4) is 0 Å². The highest BCUT2D eigenvalue weighted by molar-refractivity contribution is 9.10. The molecule has 0 radical (unpaired) electrons. The Hall–Kier alpha value is -1.01. The number of aliphatic hydroxyl groups excluding tert-OH is 1. The zero-order valence-corrected chi connectivity index (χ0v) is 12.2. The van der Waals surface area contributed by atoms with E-state index in [9.17, 15) is 23.8 Å². The van der Waals surface area contributed by atoms with Crippen LogP contribution in [-0.4, -0.2) is 28.7 Å². The predicted octanol–water partition coefficient (Wildman–Crippen LogP) is 3.27. The predicted molar refractivity (Wildman–Crippen MR) is 72.8 cm³/mol. The zero-order chi connectivity index (χ0) is 14.9. The van der Waals surface area contributed by atoms with Gasteiger partial charge in [-0.2, -0.15) is 0 Å². The molecule has 1 saturated carbocycles. The molecule has 20 heavy (non-hydrogen) atoms. The molecule has 3 atom stereocenters. The fraction of sp³-hybridized carbons (Fsp3) is 0.500. The second-order valence-corrected chi connectivity index (χ2v) is 6.14. The third kappa shape index (κ3) is 3.17. The molecule has 0 heterocycles. The van der Waals surface area contributed by atoms with Crippen LogP contribution < -0.4 is 0 Å². The molecule has 3 unspecified atom stereocenters. The molecule has 1 fully saturated rings. The van der Waals surface area contributed by atoms with Gasteiger partial charge in [-0.15, -0.1) is 0 Å². The topological polar surface area (TPSA) is 57.5 Å². The van der Waals surface area contributed by atoms with E-state index in [2.05, 4.69) is 15.9 Å². The van der Waals surface area contributed by atoms with Crippen molar-refractivity contribution in [2.24, 2.45) is 11.8 Å². The summed E-state index contributed by atoms with van der Waals surface area (Å²) in [4.78, 5) is 11.4. The minimum Gasteiger partial charge on any atom is -0.481 e. The van der Waals surface area contributed by atoms with Crippen LogP contribution in [0.5, 0.6) is 0 Å². The SMILES string of the molecule is O=C(O)C1C(CO)CC(F)(F)CC1c1ccc(Br)cc1. The number of carboxylic acid groups (broad SMARTS) is 1. The Morgan fingerprint density at radius 3 is 2.40 bits per heavy atom. The fourth-order valence-corrected chi connectivity index (χ4v) is 3.22. The zero-order valence-electron chi connectivity index (χ0n) is 10.6. The highest BCUT2D eigenvalue weighted by Gasteiger charge is 2.50. The molecule has 0 bridgehead atoms. The largest absolute Gasteiger partial charge is 0.481 e. The van der Waals surface area contributed by atoms with Gasteiger partial charge in [0.1, 0.15) is 0 Å². The summed E-state index contributed by atoms with van der Waals surface area (Å²) in [6, 6.07) is 6.71. The molecular weight excluding hydrogens is 334 g/mol. The Balaban J connectivity index is 2.39. The normalized spacial score (nSPS) is 29.1. The average Bonchev–Trinajstić information content (AvgIpc) is 2.37. The lowest BCUT2D eigenvalue weighted by molar-refractivity contribution is -0.154. The Morgan fingerprint density at radius 2 is 1.90 bits per heavy atom. The minimum atomic E-state index is -2.95. The van der Waals surface area contributed by atoms with E-state index in [1.807, 2.05) is 0 Å². The van der Waals surface area contributed by atoms with E-state index in [0.29, 0.717) is 5.56 Å². The van der Waals surface area contributed by atoms with Gasteiger partial charge in [0, 0.05) is 35.8 Å².